The lowest BCUT2D eigenvalue weighted by molar-refractivity contribution is -0.145. The highest BCUT2D eigenvalue weighted by Crippen LogP contribution is 2.39. The highest BCUT2D eigenvalue weighted by molar-refractivity contribution is 5.96. The number of amides is 1. The third kappa shape index (κ3) is 6.44. The molecule has 0 aliphatic carbocycles. The predicted molar refractivity (Wildman–Crippen MR) is 130 cm³/mol. The van der Waals surface area contributed by atoms with E-state index in [1.807, 2.05) is 11.8 Å². The molecule has 35 heavy (non-hydrogen) atoms. The van der Waals surface area contributed by atoms with Gasteiger partial charge in [-0.15, -0.1) is 0 Å². The molecule has 2 aliphatic heterocycles. The van der Waals surface area contributed by atoms with Crippen molar-refractivity contribution in [2.45, 2.75) is 32.1 Å². The van der Waals surface area contributed by atoms with Gasteiger partial charge in [0.15, 0.2) is 0 Å². The molecule has 1 unspecified atom stereocenters. The van der Waals surface area contributed by atoms with Gasteiger partial charge in [-0.05, 0) is 54.7 Å². The molecule has 2 aromatic rings. The van der Waals surface area contributed by atoms with Gasteiger partial charge in [0.05, 0.1) is 25.4 Å². The van der Waals surface area contributed by atoms with E-state index in [0.717, 1.165) is 30.4 Å². The molecule has 0 N–H and O–H groups in total. The largest absolute Gasteiger partial charge is 0.465 e. The van der Waals surface area contributed by atoms with Crippen molar-refractivity contribution in [2.75, 3.05) is 57.3 Å². The molecule has 1 saturated heterocycles. The zero-order chi connectivity index (χ0) is 24.8. The molecule has 8 heteroatoms. The summed E-state index contributed by atoms with van der Waals surface area (Å²) >= 11 is 0. The van der Waals surface area contributed by atoms with Gasteiger partial charge in [0.25, 0.3) is 0 Å². The Morgan fingerprint density at radius 2 is 1.57 bits per heavy atom. The molecule has 1 atom stereocenters. The highest BCUT2D eigenvalue weighted by Gasteiger charge is 2.29. The van der Waals surface area contributed by atoms with E-state index in [0.29, 0.717) is 45.0 Å². The number of rotatable bonds is 7. The maximum atomic E-state index is 14.3. The minimum atomic E-state index is -0.384. The number of halogens is 2. The molecule has 0 bridgehead atoms. The van der Waals surface area contributed by atoms with Crippen LogP contribution in [0.25, 0.3) is 0 Å². The van der Waals surface area contributed by atoms with Crippen LogP contribution in [0.4, 0.5) is 14.5 Å². The summed E-state index contributed by atoms with van der Waals surface area (Å²) in [7, 11) is 0. The Balaban J connectivity index is 1.42. The Labute approximate surface area is 205 Å². The lowest BCUT2D eigenvalue weighted by Gasteiger charge is -2.35. The van der Waals surface area contributed by atoms with Gasteiger partial charge in [-0.1, -0.05) is 25.1 Å². The van der Waals surface area contributed by atoms with E-state index >= 15 is 0 Å². The monoisotopic (exact) mass is 485 g/mol. The van der Waals surface area contributed by atoms with Gasteiger partial charge in [0.2, 0.25) is 5.91 Å². The zero-order valence-corrected chi connectivity index (χ0v) is 20.2. The van der Waals surface area contributed by atoms with Crippen molar-refractivity contribution >= 4 is 17.6 Å². The van der Waals surface area contributed by atoms with Crippen LogP contribution in [0.5, 0.6) is 0 Å². The van der Waals surface area contributed by atoms with E-state index in [4.69, 9.17) is 4.74 Å². The van der Waals surface area contributed by atoms with E-state index in [9.17, 15) is 18.4 Å². The standard InChI is InChI=1S/C27H33F2N3O3/c1-2-16-35-27(34)19-31-14-12-30(13-15-31)18-26(33)32-11-3-4-23(20-5-7-21(28)8-6-20)24-10-9-22(29)17-25(24)32/h5-10,17,23H,2-4,11-16,18-19H2,1H3. The maximum absolute atomic E-state index is 14.3. The van der Waals surface area contributed by atoms with Gasteiger partial charge in [0.1, 0.15) is 11.6 Å². The first kappa shape index (κ1) is 25.3. The smallest absolute Gasteiger partial charge is 0.320 e. The normalized spacial score (nSPS) is 19.2. The number of hydrogen-bond acceptors (Lipinski definition) is 5. The number of ether oxygens (including phenoxy) is 1. The van der Waals surface area contributed by atoms with Crippen LogP contribution in [0.1, 0.15) is 43.2 Å². The second-order valence-corrected chi connectivity index (χ2v) is 9.27. The van der Waals surface area contributed by atoms with Crippen molar-refractivity contribution in [2.24, 2.45) is 0 Å². The van der Waals surface area contributed by atoms with E-state index in [1.165, 1.54) is 24.3 Å². The quantitative estimate of drug-likeness (QED) is 0.559. The summed E-state index contributed by atoms with van der Waals surface area (Å²) in [5.41, 5.74) is 2.44. The number of piperazine rings is 1. The molecule has 4 rings (SSSR count). The minimum Gasteiger partial charge on any atom is -0.465 e. The van der Waals surface area contributed by atoms with Crippen LogP contribution >= 0.6 is 0 Å². The Kier molecular flexibility index (Phi) is 8.46. The molecule has 0 spiro atoms. The first-order valence-electron chi connectivity index (χ1n) is 12.4. The molecule has 2 aliphatic rings. The molecule has 0 saturated carbocycles. The average Bonchev–Trinajstić information content (AvgIpc) is 3.04. The second-order valence-electron chi connectivity index (χ2n) is 9.27. The number of esters is 1. The van der Waals surface area contributed by atoms with Gasteiger partial charge in [-0.3, -0.25) is 19.4 Å². The predicted octanol–water partition coefficient (Wildman–Crippen LogP) is 3.79. The van der Waals surface area contributed by atoms with Crippen LogP contribution in [0.2, 0.25) is 0 Å². The molecule has 2 aromatic carbocycles. The van der Waals surface area contributed by atoms with Gasteiger partial charge >= 0.3 is 5.97 Å². The van der Waals surface area contributed by atoms with Gasteiger partial charge < -0.3 is 9.64 Å². The molecule has 1 amide bonds. The van der Waals surface area contributed by atoms with Crippen LogP contribution in [0.3, 0.4) is 0 Å². The van der Waals surface area contributed by atoms with Crippen LogP contribution in [-0.2, 0) is 14.3 Å². The van der Waals surface area contributed by atoms with Crippen molar-refractivity contribution in [1.82, 2.24) is 9.80 Å². The molecular weight excluding hydrogens is 452 g/mol. The number of hydrogen-bond donors (Lipinski definition) is 0. The first-order chi connectivity index (χ1) is 16.9. The Bertz CT molecular complexity index is 1020. The fraction of sp³-hybridized carbons (Fsp3) is 0.481. The summed E-state index contributed by atoms with van der Waals surface area (Å²) < 4.78 is 32.9. The van der Waals surface area contributed by atoms with E-state index in [-0.39, 0.29) is 42.5 Å². The second kappa shape index (κ2) is 11.7. The number of carbonyl (C=O) groups is 2. The molecule has 6 nitrogen and oxygen atoms in total. The third-order valence-electron chi connectivity index (χ3n) is 6.75. The number of carbonyl (C=O) groups excluding carboxylic acids is 2. The number of nitrogens with zero attached hydrogens (tertiary/aromatic N) is 3. The third-order valence-corrected chi connectivity index (χ3v) is 6.75. The Morgan fingerprint density at radius 1 is 0.914 bits per heavy atom. The Morgan fingerprint density at radius 3 is 2.26 bits per heavy atom. The molecule has 2 heterocycles. The number of benzene rings is 2. The van der Waals surface area contributed by atoms with Crippen molar-refractivity contribution in [3.63, 3.8) is 0 Å². The molecule has 188 valence electrons. The number of anilines is 1. The summed E-state index contributed by atoms with van der Waals surface area (Å²) in [6.07, 6.45) is 2.36. The summed E-state index contributed by atoms with van der Waals surface area (Å²) in [6, 6.07) is 11.0. The lowest BCUT2D eigenvalue weighted by atomic mass is 9.87. The van der Waals surface area contributed by atoms with E-state index in [1.54, 1.807) is 23.1 Å². The topological polar surface area (TPSA) is 53.1 Å². The van der Waals surface area contributed by atoms with Crippen LogP contribution in [0.15, 0.2) is 42.5 Å². The van der Waals surface area contributed by atoms with E-state index < -0.39 is 0 Å². The Hall–Kier alpha value is -2.84. The summed E-state index contributed by atoms with van der Waals surface area (Å²) in [5.74, 6) is -0.982. The first-order valence-corrected chi connectivity index (χ1v) is 12.4. The maximum Gasteiger partial charge on any atom is 0.320 e. The lowest BCUT2D eigenvalue weighted by Crippen LogP contribution is -2.51. The fourth-order valence-electron chi connectivity index (χ4n) is 4.90. The van der Waals surface area contributed by atoms with Crippen molar-refractivity contribution in [3.05, 3.63) is 65.2 Å². The molecule has 1 fully saturated rings. The van der Waals surface area contributed by atoms with Crippen LogP contribution in [-0.4, -0.2) is 74.1 Å². The molecular formula is C27H33F2N3O3. The summed E-state index contributed by atoms with van der Waals surface area (Å²) in [4.78, 5) is 31.1. The van der Waals surface area contributed by atoms with Gasteiger partial charge in [-0.25, -0.2) is 8.78 Å². The minimum absolute atomic E-state index is 0.0278. The van der Waals surface area contributed by atoms with Crippen molar-refractivity contribution in [3.8, 4) is 0 Å². The van der Waals surface area contributed by atoms with Crippen LogP contribution in [0, 0.1) is 11.6 Å². The summed E-state index contributed by atoms with van der Waals surface area (Å²) in [6.45, 7) is 6.14. The molecule has 0 aromatic heterocycles. The zero-order valence-electron chi connectivity index (χ0n) is 20.2. The van der Waals surface area contributed by atoms with Crippen molar-refractivity contribution < 1.29 is 23.1 Å². The van der Waals surface area contributed by atoms with Gasteiger partial charge in [0, 0.05) is 38.6 Å². The van der Waals surface area contributed by atoms with Crippen molar-refractivity contribution in [1.29, 1.82) is 0 Å². The average molecular weight is 486 g/mol. The van der Waals surface area contributed by atoms with E-state index in [2.05, 4.69) is 4.90 Å². The molecule has 0 radical (unpaired) electrons. The van der Waals surface area contributed by atoms with Crippen LogP contribution < -0.4 is 4.90 Å². The van der Waals surface area contributed by atoms with Gasteiger partial charge in [-0.2, -0.15) is 0 Å². The SMILES string of the molecule is CCCOC(=O)CN1CCN(CC(=O)N2CCCC(c3ccc(F)cc3)c3ccc(F)cc32)CC1. The summed E-state index contributed by atoms with van der Waals surface area (Å²) in [5, 5.41) is 0. The fourth-order valence-corrected chi connectivity index (χ4v) is 4.90. The highest BCUT2D eigenvalue weighted by atomic mass is 19.1. The number of fused-ring (bicyclic) bond motifs is 1.